The third-order valence-corrected chi connectivity index (χ3v) is 5.52. The number of carbonyl (C=O) groups is 1. The number of unbranched alkanes of at least 4 members (excludes halogenated alkanes) is 6. The van der Waals surface area contributed by atoms with E-state index < -0.39 is 0 Å². The number of rotatable bonds is 13. The van der Waals surface area contributed by atoms with Gasteiger partial charge in [-0.3, -0.25) is 0 Å². The summed E-state index contributed by atoms with van der Waals surface area (Å²) < 4.78 is 5.52. The number of hydrogen-bond acceptors (Lipinski definition) is 2. The van der Waals surface area contributed by atoms with Crippen molar-refractivity contribution in [1.82, 2.24) is 0 Å². The Morgan fingerprint density at radius 1 is 0.724 bits per heavy atom. The largest absolute Gasteiger partial charge is 0.462 e. The van der Waals surface area contributed by atoms with Crippen molar-refractivity contribution >= 4 is 5.97 Å². The van der Waals surface area contributed by atoms with Crippen LogP contribution in [0.4, 0.5) is 0 Å². The maximum atomic E-state index is 13.1. The Hall–Kier alpha value is -2.09. The van der Waals surface area contributed by atoms with Gasteiger partial charge in [0.15, 0.2) is 0 Å². The molecule has 0 N–H and O–H groups in total. The molecule has 0 aliphatic heterocycles. The number of ether oxygens (including phenoxy) is 1. The lowest BCUT2D eigenvalue weighted by molar-refractivity contribution is 0.0526. The first-order valence-corrected chi connectivity index (χ1v) is 11.6. The molecule has 2 rings (SSSR count). The molecule has 0 spiro atoms. The first-order valence-electron chi connectivity index (χ1n) is 11.6. The summed E-state index contributed by atoms with van der Waals surface area (Å²) in [5, 5.41) is 0. The zero-order chi connectivity index (χ0) is 20.9. The molecule has 0 saturated carbocycles. The summed E-state index contributed by atoms with van der Waals surface area (Å²) in [7, 11) is 0. The first-order chi connectivity index (χ1) is 14.2. The van der Waals surface area contributed by atoms with Crippen LogP contribution in [0, 0.1) is 0 Å². The van der Waals surface area contributed by atoms with E-state index in [2.05, 4.69) is 50.2 Å². The molecule has 0 aliphatic rings. The number of benzene rings is 2. The third kappa shape index (κ3) is 7.03. The van der Waals surface area contributed by atoms with Crippen LogP contribution in [0.15, 0.2) is 42.5 Å². The van der Waals surface area contributed by atoms with Crippen LogP contribution in [0.5, 0.6) is 0 Å². The van der Waals surface area contributed by atoms with E-state index in [0.717, 1.165) is 47.9 Å². The molecule has 0 aliphatic carbocycles. The molecule has 0 fully saturated rings. The Morgan fingerprint density at radius 3 is 1.90 bits per heavy atom. The second-order valence-electron chi connectivity index (χ2n) is 7.84. The Morgan fingerprint density at radius 2 is 1.31 bits per heavy atom. The summed E-state index contributed by atoms with van der Waals surface area (Å²) in [4.78, 5) is 13.1. The number of hydrogen-bond donors (Lipinski definition) is 0. The average Bonchev–Trinajstić information content (AvgIpc) is 2.75. The maximum Gasteiger partial charge on any atom is 0.339 e. The van der Waals surface area contributed by atoms with Gasteiger partial charge in [-0.1, -0.05) is 94.8 Å². The summed E-state index contributed by atoms with van der Waals surface area (Å²) >= 11 is 0. The standard InChI is InChI=1S/C27H38O2/c1-4-7-9-12-18-23-20-21-24(19-13-10-8-5-2)26(27(28)29-6-3)25(23)22-16-14-11-15-17-22/h11,14-17,20-21H,4-10,12-13,18-19H2,1-3H3. The molecule has 158 valence electrons. The second kappa shape index (κ2) is 13.2. The highest BCUT2D eigenvalue weighted by atomic mass is 16.5. The fourth-order valence-corrected chi connectivity index (χ4v) is 3.96. The van der Waals surface area contributed by atoms with E-state index in [9.17, 15) is 4.79 Å². The van der Waals surface area contributed by atoms with Gasteiger partial charge in [-0.15, -0.1) is 0 Å². The Labute approximate surface area is 177 Å². The number of carbonyl (C=O) groups excluding carboxylic acids is 1. The van der Waals surface area contributed by atoms with Gasteiger partial charge in [-0.2, -0.15) is 0 Å². The molecular formula is C27H38O2. The smallest absolute Gasteiger partial charge is 0.339 e. The second-order valence-corrected chi connectivity index (χ2v) is 7.84. The van der Waals surface area contributed by atoms with Crippen molar-refractivity contribution in [3.8, 4) is 11.1 Å². The van der Waals surface area contributed by atoms with Gasteiger partial charge in [-0.25, -0.2) is 4.79 Å². The monoisotopic (exact) mass is 394 g/mol. The van der Waals surface area contributed by atoms with E-state index in [1.165, 1.54) is 44.1 Å². The van der Waals surface area contributed by atoms with Gasteiger partial charge in [0, 0.05) is 0 Å². The van der Waals surface area contributed by atoms with Crippen LogP contribution in [0.2, 0.25) is 0 Å². The maximum absolute atomic E-state index is 13.1. The highest BCUT2D eigenvalue weighted by Gasteiger charge is 2.21. The predicted molar refractivity (Wildman–Crippen MR) is 124 cm³/mol. The average molecular weight is 395 g/mol. The van der Waals surface area contributed by atoms with Crippen LogP contribution in [-0.4, -0.2) is 12.6 Å². The van der Waals surface area contributed by atoms with Crippen molar-refractivity contribution < 1.29 is 9.53 Å². The van der Waals surface area contributed by atoms with Gasteiger partial charge in [0.25, 0.3) is 0 Å². The summed E-state index contributed by atoms with van der Waals surface area (Å²) in [5.74, 6) is -0.174. The van der Waals surface area contributed by atoms with Crippen molar-refractivity contribution in [2.45, 2.75) is 85.0 Å². The van der Waals surface area contributed by atoms with E-state index in [0.29, 0.717) is 6.61 Å². The molecule has 0 aromatic heterocycles. The quantitative estimate of drug-likeness (QED) is 0.256. The molecular weight excluding hydrogens is 356 g/mol. The van der Waals surface area contributed by atoms with Gasteiger partial charge in [-0.05, 0) is 54.9 Å². The van der Waals surface area contributed by atoms with E-state index in [4.69, 9.17) is 4.74 Å². The van der Waals surface area contributed by atoms with Gasteiger partial charge in [0.05, 0.1) is 12.2 Å². The van der Waals surface area contributed by atoms with E-state index in [1.807, 2.05) is 13.0 Å². The minimum atomic E-state index is -0.174. The third-order valence-electron chi connectivity index (χ3n) is 5.52. The molecule has 0 amide bonds. The lowest BCUT2D eigenvalue weighted by atomic mass is 9.87. The molecule has 0 atom stereocenters. The van der Waals surface area contributed by atoms with Crippen LogP contribution in [-0.2, 0) is 17.6 Å². The van der Waals surface area contributed by atoms with Crippen LogP contribution < -0.4 is 0 Å². The van der Waals surface area contributed by atoms with E-state index >= 15 is 0 Å². The zero-order valence-corrected chi connectivity index (χ0v) is 18.6. The topological polar surface area (TPSA) is 26.3 Å². The SMILES string of the molecule is CCCCCCc1ccc(CCCCCC)c(-c2ccccc2)c1C(=O)OCC. The van der Waals surface area contributed by atoms with Crippen molar-refractivity contribution in [3.63, 3.8) is 0 Å². The Bertz CT molecular complexity index is 734. The van der Waals surface area contributed by atoms with Crippen molar-refractivity contribution in [1.29, 1.82) is 0 Å². The van der Waals surface area contributed by atoms with Gasteiger partial charge in [0.1, 0.15) is 0 Å². The van der Waals surface area contributed by atoms with Crippen LogP contribution in [0.3, 0.4) is 0 Å². The number of aryl methyl sites for hydroxylation is 2. The lowest BCUT2D eigenvalue weighted by Crippen LogP contribution is -2.12. The Kier molecular flexibility index (Phi) is 10.5. The molecule has 29 heavy (non-hydrogen) atoms. The van der Waals surface area contributed by atoms with Crippen LogP contribution in [0.1, 0.15) is 93.6 Å². The first kappa shape index (κ1) is 23.2. The molecule has 2 heteroatoms. The lowest BCUT2D eigenvalue weighted by Gasteiger charge is -2.19. The van der Waals surface area contributed by atoms with Gasteiger partial charge in [0.2, 0.25) is 0 Å². The Balaban J connectivity index is 2.46. The van der Waals surface area contributed by atoms with Crippen molar-refractivity contribution in [3.05, 3.63) is 59.2 Å². The highest BCUT2D eigenvalue weighted by molar-refractivity contribution is 6.00. The summed E-state index contributed by atoms with van der Waals surface area (Å²) in [6, 6.07) is 14.8. The highest BCUT2D eigenvalue weighted by Crippen LogP contribution is 2.33. The normalized spacial score (nSPS) is 10.9. The molecule has 0 heterocycles. The molecule has 2 aromatic rings. The van der Waals surface area contributed by atoms with Crippen LogP contribution in [0.25, 0.3) is 11.1 Å². The van der Waals surface area contributed by atoms with Crippen LogP contribution >= 0.6 is 0 Å². The van der Waals surface area contributed by atoms with Gasteiger partial charge >= 0.3 is 5.97 Å². The molecule has 0 radical (unpaired) electrons. The summed E-state index contributed by atoms with van der Waals surface area (Å²) in [6.07, 6.45) is 11.6. The summed E-state index contributed by atoms with van der Waals surface area (Å²) in [6.45, 7) is 6.76. The minimum Gasteiger partial charge on any atom is -0.462 e. The minimum absolute atomic E-state index is 0.174. The van der Waals surface area contributed by atoms with E-state index in [1.54, 1.807) is 0 Å². The molecule has 0 bridgehead atoms. The molecule has 2 nitrogen and oxygen atoms in total. The van der Waals surface area contributed by atoms with Crippen molar-refractivity contribution in [2.24, 2.45) is 0 Å². The predicted octanol–water partition coefficient (Wildman–Crippen LogP) is 7.78. The molecule has 0 unspecified atom stereocenters. The van der Waals surface area contributed by atoms with Crippen molar-refractivity contribution in [2.75, 3.05) is 6.61 Å². The number of esters is 1. The summed E-state index contributed by atoms with van der Waals surface area (Å²) in [5.41, 5.74) is 5.41. The van der Waals surface area contributed by atoms with E-state index in [-0.39, 0.29) is 5.97 Å². The fourth-order valence-electron chi connectivity index (χ4n) is 3.96. The molecule has 2 aromatic carbocycles. The fraction of sp³-hybridized carbons (Fsp3) is 0.519. The van der Waals surface area contributed by atoms with Gasteiger partial charge < -0.3 is 4.74 Å². The zero-order valence-electron chi connectivity index (χ0n) is 18.6. The molecule has 0 saturated heterocycles.